The van der Waals surface area contributed by atoms with E-state index in [2.05, 4.69) is 9.72 Å². The number of rotatable bonds is 1. The van der Waals surface area contributed by atoms with Gasteiger partial charge in [0, 0.05) is 12.3 Å². The largest absolute Gasteiger partial charge is 0.481 e. The van der Waals surface area contributed by atoms with Crippen molar-refractivity contribution in [1.29, 1.82) is 0 Å². The van der Waals surface area contributed by atoms with Crippen molar-refractivity contribution < 1.29 is 19.1 Å². The first-order valence-corrected chi connectivity index (χ1v) is 3.98. The van der Waals surface area contributed by atoms with Gasteiger partial charge < -0.3 is 9.47 Å². The highest BCUT2D eigenvalue weighted by atomic mass is 16.6. The van der Waals surface area contributed by atoms with Crippen molar-refractivity contribution in [2.45, 2.75) is 6.42 Å². The van der Waals surface area contributed by atoms with E-state index in [0.717, 1.165) is 0 Å². The Morgan fingerprint density at radius 1 is 1.50 bits per heavy atom. The number of hydrogen-bond acceptors (Lipinski definition) is 5. The maximum absolute atomic E-state index is 11.2. The number of fused-ring (bicyclic) bond motifs is 1. The van der Waals surface area contributed by atoms with Crippen molar-refractivity contribution in [3.8, 4) is 5.88 Å². The molecule has 0 fully saturated rings. The summed E-state index contributed by atoms with van der Waals surface area (Å²) in [6.45, 7) is 0. The molecule has 0 saturated carbocycles. The third kappa shape index (κ3) is 1.32. The van der Waals surface area contributed by atoms with Crippen LogP contribution in [0.1, 0.15) is 15.9 Å². The zero-order valence-electron chi connectivity index (χ0n) is 7.44. The highest BCUT2D eigenvalue weighted by molar-refractivity contribution is 6.02. The molecule has 0 unspecified atom stereocenters. The topological polar surface area (TPSA) is 65.5 Å². The van der Waals surface area contributed by atoms with E-state index in [0.29, 0.717) is 17.0 Å². The molecule has 0 saturated heterocycles. The summed E-state index contributed by atoms with van der Waals surface area (Å²) in [6.07, 6.45) is 1.53. The van der Waals surface area contributed by atoms with Crippen LogP contribution < -0.4 is 4.74 Å². The van der Waals surface area contributed by atoms with Gasteiger partial charge in [-0.2, -0.15) is 0 Å². The molecule has 0 N–H and O–H groups in total. The molecule has 0 bridgehead atoms. The molecule has 2 heterocycles. The Morgan fingerprint density at radius 3 is 3.00 bits per heavy atom. The maximum atomic E-state index is 11.2. The number of carbonyl (C=O) groups is 2. The average molecular weight is 193 g/mol. The zero-order chi connectivity index (χ0) is 10.1. The van der Waals surface area contributed by atoms with E-state index in [1.807, 2.05) is 0 Å². The van der Waals surface area contributed by atoms with Gasteiger partial charge in [-0.25, -0.2) is 9.78 Å². The van der Waals surface area contributed by atoms with Gasteiger partial charge in [0.05, 0.1) is 19.1 Å². The second-order valence-corrected chi connectivity index (χ2v) is 2.82. The van der Waals surface area contributed by atoms with Crippen molar-refractivity contribution >= 4 is 11.9 Å². The van der Waals surface area contributed by atoms with Crippen LogP contribution in [0.5, 0.6) is 5.88 Å². The first-order chi connectivity index (χ1) is 6.70. The summed E-state index contributed by atoms with van der Waals surface area (Å²) in [5.74, 6) is -0.860. The van der Waals surface area contributed by atoms with Gasteiger partial charge in [0.2, 0.25) is 5.88 Å². The summed E-state index contributed by atoms with van der Waals surface area (Å²) in [5, 5.41) is 0. The highest BCUT2D eigenvalue weighted by Crippen LogP contribution is 2.20. The lowest BCUT2D eigenvalue weighted by atomic mass is 10.1. The van der Waals surface area contributed by atoms with Crippen LogP contribution in [0.3, 0.4) is 0 Å². The molecule has 2 rings (SSSR count). The molecule has 5 heteroatoms. The molecule has 1 aromatic heterocycles. The smallest absolute Gasteiger partial charge is 0.346 e. The Labute approximate surface area is 79.7 Å². The van der Waals surface area contributed by atoms with Crippen LogP contribution >= 0.6 is 0 Å². The molecule has 72 valence electrons. The standard InChI is InChI=1S/C9H7NO4/c1-13-7-3-6-5(4-10-7)2-8(11)14-9(6)12/h3-4H,2H2,1H3. The summed E-state index contributed by atoms with van der Waals surface area (Å²) in [4.78, 5) is 26.0. The van der Waals surface area contributed by atoms with E-state index in [9.17, 15) is 9.59 Å². The predicted octanol–water partition coefficient (Wildman–Crippen LogP) is 0.330. The number of aromatic nitrogens is 1. The number of cyclic esters (lactones) is 2. The summed E-state index contributed by atoms with van der Waals surface area (Å²) >= 11 is 0. The van der Waals surface area contributed by atoms with E-state index in [1.54, 1.807) is 0 Å². The molecule has 1 aromatic rings. The molecule has 0 spiro atoms. The number of hydrogen-bond donors (Lipinski definition) is 0. The van der Waals surface area contributed by atoms with Gasteiger partial charge >= 0.3 is 11.9 Å². The Bertz CT molecular complexity index is 413. The quantitative estimate of drug-likeness (QED) is 0.475. The van der Waals surface area contributed by atoms with Crippen LogP contribution in [0.2, 0.25) is 0 Å². The fraction of sp³-hybridized carbons (Fsp3) is 0.222. The van der Waals surface area contributed by atoms with Gasteiger partial charge in [-0.05, 0) is 5.56 Å². The Morgan fingerprint density at radius 2 is 2.29 bits per heavy atom. The van der Waals surface area contributed by atoms with Gasteiger partial charge in [-0.3, -0.25) is 4.79 Å². The summed E-state index contributed by atoms with van der Waals surface area (Å²) in [7, 11) is 1.45. The zero-order valence-corrected chi connectivity index (χ0v) is 7.44. The first-order valence-electron chi connectivity index (χ1n) is 3.98. The number of carbonyl (C=O) groups excluding carboxylic acids is 2. The van der Waals surface area contributed by atoms with Crippen LogP contribution in [0.25, 0.3) is 0 Å². The lowest BCUT2D eigenvalue weighted by Gasteiger charge is -2.13. The van der Waals surface area contributed by atoms with Crippen LogP contribution in [-0.4, -0.2) is 24.0 Å². The molecule has 0 aliphatic carbocycles. The van der Waals surface area contributed by atoms with Crippen LogP contribution in [0.15, 0.2) is 12.3 Å². The van der Waals surface area contributed by atoms with Gasteiger partial charge in [-0.15, -0.1) is 0 Å². The third-order valence-corrected chi connectivity index (χ3v) is 1.93. The molecule has 1 aliphatic rings. The van der Waals surface area contributed by atoms with Gasteiger partial charge in [0.15, 0.2) is 0 Å². The van der Waals surface area contributed by atoms with Crippen LogP contribution in [-0.2, 0) is 16.0 Å². The highest BCUT2D eigenvalue weighted by Gasteiger charge is 2.25. The first kappa shape index (κ1) is 8.68. The molecular weight excluding hydrogens is 186 g/mol. The van der Waals surface area contributed by atoms with Crippen LogP contribution in [0, 0.1) is 0 Å². The lowest BCUT2D eigenvalue weighted by molar-refractivity contribution is -0.137. The summed E-state index contributed by atoms with van der Waals surface area (Å²) < 4.78 is 9.30. The third-order valence-electron chi connectivity index (χ3n) is 1.93. The molecule has 0 radical (unpaired) electrons. The monoisotopic (exact) mass is 193 g/mol. The van der Waals surface area contributed by atoms with Crippen molar-refractivity contribution in [3.05, 3.63) is 23.4 Å². The van der Waals surface area contributed by atoms with E-state index in [-0.39, 0.29) is 6.42 Å². The Hall–Kier alpha value is -1.91. The van der Waals surface area contributed by atoms with Gasteiger partial charge in [0.25, 0.3) is 0 Å². The minimum absolute atomic E-state index is 0.0814. The maximum Gasteiger partial charge on any atom is 0.346 e. The minimum atomic E-state index is -0.642. The summed E-state index contributed by atoms with van der Waals surface area (Å²) in [6, 6.07) is 1.46. The second kappa shape index (κ2) is 3.10. The predicted molar refractivity (Wildman–Crippen MR) is 44.9 cm³/mol. The van der Waals surface area contributed by atoms with E-state index >= 15 is 0 Å². The molecule has 0 aromatic carbocycles. The molecule has 1 aliphatic heterocycles. The van der Waals surface area contributed by atoms with E-state index < -0.39 is 11.9 Å². The molecule has 14 heavy (non-hydrogen) atoms. The number of methoxy groups -OCH3 is 1. The van der Waals surface area contributed by atoms with Crippen molar-refractivity contribution in [1.82, 2.24) is 4.98 Å². The fourth-order valence-corrected chi connectivity index (χ4v) is 1.26. The number of nitrogens with zero attached hydrogens (tertiary/aromatic N) is 1. The van der Waals surface area contributed by atoms with Gasteiger partial charge in [0.1, 0.15) is 0 Å². The lowest BCUT2D eigenvalue weighted by Crippen LogP contribution is -2.23. The average Bonchev–Trinajstić information content (AvgIpc) is 2.17. The SMILES string of the molecule is COc1cc2c(cn1)CC(=O)OC2=O. The molecule has 0 amide bonds. The number of esters is 2. The Balaban J connectivity index is 2.49. The van der Waals surface area contributed by atoms with Crippen molar-refractivity contribution in [3.63, 3.8) is 0 Å². The molecule has 0 atom stereocenters. The van der Waals surface area contributed by atoms with E-state index in [4.69, 9.17) is 4.74 Å². The van der Waals surface area contributed by atoms with Crippen molar-refractivity contribution in [2.24, 2.45) is 0 Å². The number of ether oxygens (including phenoxy) is 2. The molecular formula is C9H7NO4. The second-order valence-electron chi connectivity index (χ2n) is 2.82. The van der Waals surface area contributed by atoms with Gasteiger partial charge in [-0.1, -0.05) is 0 Å². The fourth-order valence-electron chi connectivity index (χ4n) is 1.26. The van der Waals surface area contributed by atoms with E-state index in [1.165, 1.54) is 19.4 Å². The van der Waals surface area contributed by atoms with Crippen molar-refractivity contribution in [2.75, 3.05) is 7.11 Å². The summed E-state index contributed by atoms with van der Waals surface area (Å²) in [5.41, 5.74) is 0.920. The Kier molecular flexibility index (Phi) is 1.92. The van der Waals surface area contributed by atoms with Crippen LogP contribution in [0.4, 0.5) is 0 Å². The molecule has 5 nitrogen and oxygen atoms in total. The number of pyridine rings is 1. The minimum Gasteiger partial charge on any atom is -0.481 e. The normalized spacial score (nSPS) is 14.6.